The molecular formula is C13H12BrClN2OS. The van der Waals surface area contributed by atoms with E-state index in [2.05, 4.69) is 26.2 Å². The summed E-state index contributed by atoms with van der Waals surface area (Å²) < 4.78 is 0.773. The van der Waals surface area contributed by atoms with Gasteiger partial charge in [-0.25, -0.2) is 4.98 Å². The maximum Gasteiger partial charge on any atom is 0.257 e. The van der Waals surface area contributed by atoms with Crippen molar-refractivity contribution in [2.75, 3.05) is 5.32 Å². The maximum absolute atomic E-state index is 12.1. The first-order chi connectivity index (χ1) is 8.99. The number of amides is 1. The lowest BCUT2D eigenvalue weighted by Gasteiger charge is -2.03. The van der Waals surface area contributed by atoms with Gasteiger partial charge >= 0.3 is 0 Å². The van der Waals surface area contributed by atoms with E-state index in [9.17, 15) is 4.79 Å². The Morgan fingerprint density at radius 1 is 1.47 bits per heavy atom. The highest BCUT2D eigenvalue weighted by Crippen LogP contribution is 2.24. The van der Waals surface area contributed by atoms with Gasteiger partial charge in [-0.05, 0) is 31.5 Å². The second-order valence-electron chi connectivity index (χ2n) is 3.99. The molecule has 0 aliphatic rings. The van der Waals surface area contributed by atoms with E-state index in [1.807, 2.05) is 13.8 Å². The van der Waals surface area contributed by atoms with Gasteiger partial charge in [0.05, 0.1) is 5.69 Å². The molecule has 100 valence electrons. The van der Waals surface area contributed by atoms with Crippen molar-refractivity contribution in [3.63, 3.8) is 0 Å². The summed E-state index contributed by atoms with van der Waals surface area (Å²) in [4.78, 5) is 17.6. The Kier molecular flexibility index (Phi) is 4.60. The van der Waals surface area contributed by atoms with E-state index in [0.717, 1.165) is 21.5 Å². The van der Waals surface area contributed by atoms with Gasteiger partial charge in [-0.15, -0.1) is 11.3 Å². The van der Waals surface area contributed by atoms with Crippen LogP contribution in [-0.4, -0.2) is 10.9 Å². The molecule has 6 heteroatoms. The summed E-state index contributed by atoms with van der Waals surface area (Å²) in [5.41, 5.74) is 1.53. The molecule has 19 heavy (non-hydrogen) atoms. The van der Waals surface area contributed by atoms with E-state index < -0.39 is 0 Å². The topological polar surface area (TPSA) is 42.0 Å². The van der Waals surface area contributed by atoms with Crippen molar-refractivity contribution in [3.8, 4) is 0 Å². The number of hydrogen-bond donors (Lipinski definition) is 1. The average Bonchev–Trinajstić information content (AvgIpc) is 2.68. The lowest BCUT2D eigenvalue weighted by atomic mass is 10.2. The van der Waals surface area contributed by atoms with E-state index in [1.54, 1.807) is 18.2 Å². The SMILES string of the molecule is CCc1nc(NC(=O)c2cc(Cl)cc(Br)c2)sc1C. The normalized spacial score (nSPS) is 10.5. The number of thiazole rings is 1. The molecule has 2 rings (SSSR count). The molecule has 0 unspecified atom stereocenters. The second-order valence-corrected chi connectivity index (χ2v) is 6.54. The minimum atomic E-state index is -0.209. The molecule has 0 bridgehead atoms. The summed E-state index contributed by atoms with van der Waals surface area (Å²) >= 11 is 10.7. The van der Waals surface area contributed by atoms with E-state index in [0.29, 0.717) is 15.7 Å². The lowest BCUT2D eigenvalue weighted by molar-refractivity contribution is 0.102. The van der Waals surface area contributed by atoms with Crippen LogP contribution in [0.3, 0.4) is 0 Å². The molecule has 0 fully saturated rings. The quantitative estimate of drug-likeness (QED) is 0.864. The van der Waals surface area contributed by atoms with Gasteiger partial charge < -0.3 is 0 Å². The smallest absolute Gasteiger partial charge is 0.257 e. The van der Waals surface area contributed by atoms with Crippen molar-refractivity contribution >= 4 is 49.9 Å². The fourth-order valence-electron chi connectivity index (χ4n) is 1.66. The molecule has 1 heterocycles. The number of halogens is 2. The molecule has 0 atom stereocenters. The molecule has 3 nitrogen and oxygen atoms in total. The van der Waals surface area contributed by atoms with Crippen LogP contribution in [0.1, 0.15) is 27.9 Å². The van der Waals surface area contributed by atoms with Crippen LogP contribution < -0.4 is 5.32 Å². The summed E-state index contributed by atoms with van der Waals surface area (Å²) in [5.74, 6) is -0.209. The van der Waals surface area contributed by atoms with Crippen molar-refractivity contribution in [2.24, 2.45) is 0 Å². The molecule has 1 aromatic heterocycles. The van der Waals surface area contributed by atoms with Crippen LogP contribution in [0.15, 0.2) is 22.7 Å². The highest BCUT2D eigenvalue weighted by molar-refractivity contribution is 9.10. The first-order valence-corrected chi connectivity index (χ1v) is 7.72. The van der Waals surface area contributed by atoms with E-state index >= 15 is 0 Å². The molecule has 2 aromatic rings. The zero-order valence-corrected chi connectivity index (χ0v) is 13.6. The predicted molar refractivity (Wildman–Crippen MR) is 83.3 cm³/mol. The minimum absolute atomic E-state index is 0.209. The fourth-order valence-corrected chi connectivity index (χ4v) is 3.42. The Labute approximate surface area is 129 Å². The summed E-state index contributed by atoms with van der Waals surface area (Å²) in [7, 11) is 0. The van der Waals surface area contributed by atoms with E-state index in [-0.39, 0.29) is 5.91 Å². The third-order valence-electron chi connectivity index (χ3n) is 2.57. The first-order valence-electron chi connectivity index (χ1n) is 5.73. The van der Waals surface area contributed by atoms with Gasteiger partial charge in [-0.2, -0.15) is 0 Å². The van der Waals surface area contributed by atoms with Gasteiger partial charge in [0.25, 0.3) is 5.91 Å². The molecule has 0 saturated heterocycles. The summed E-state index contributed by atoms with van der Waals surface area (Å²) in [6.45, 7) is 4.05. The van der Waals surface area contributed by atoms with Gasteiger partial charge in [0.15, 0.2) is 5.13 Å². The molecule has 0 saturated carbocycles. The Morgan fingerprint density at radius 3 is 2.79 bits per heavy atom. The minimum Gasteiger partial charge on any atom is -0.298 e. The van der Waals surface area contributed by atoms with Gasteiger partial charge in [-0.3, -0.25) is 10.1 Å². The van der Waals surface area contributed by atoms with Crippen molar-refractivity contribution in [1.82, 2.24) is 4.98 Å². The summed E-state index contributed by atoms with van der Waals surface area (Å²) in [6, 6.07) is 5.09. The molecule has 0 spiro atoms. The van der Waals surface area contributed by atoms with Crippen LogP contribution in [0, 0.1) is 6.92 Å². The van der Waals surface area contributed by atoms with Crippen molar-refractivity contribution in [1.29, 1.82) is 0 Å². The zero-order chi connectivity index (χ0) is 14.0. The maximum atomic E-state index is 12.1. The highest BCUT2D eigenvalue weighted by Gasteiger charge is 2.12. The standard InChI is InChI=1S/C13H12BrClN2OS/c1-3-11-7(2)19-13(16-11)17-12(18)8-4-9(14)6-10(15)5-8/h4-6H,3H2,1-2H3,(H,16,17,18). The van der Waals surface area contributed by atoms with Crippen LogP contribution in [0.2, 0.25) is 5.02 Å². The van der Waals surface area contributed by atoms with Gasteiger partial charge in [-0.1, -0.05) is 34.5 Å². The fraction of sp³-hybridized carbons (Fsp3) is 0.231. The number of nitrogens with zero attached hydrogens (tertiary/aromatic N) is 1. The number of rotatable bonds is 3. The van der Waals surface area contributed by atoms with Crippen LogP contribution >= 0.6 is 38.9 Å². The molecular weight excluding hydrogens is 348 g/mol. The number of benzene rings is 1. The summed E-state index contributed by atoms with van der Waals surface area (Å²) in [6.07, 6.45) is 0.862. The Morgan fingerprint density at radius 2 is 2.21 bits per heavy atom. The van der Waals surface area contributed by atoms with Crippen LogP contribution in [0.5, 0.6) is 0 Å². The van der Waals surface area contributed by atoms with E-state index in [1.165, 1.54) is 11.3 Å². The van der Waals surface area contributed by atoms with Gasteiger partial charge in [0, 0.05) is 19.9 Å². The zero-order valence-electron chi connectivity index (χ0n) is 10.5. The molecule has 0 aliphatic heterocycles. The van der Waals surface area contributed by atoms with E-state index in [4.69, 9.17) is 11.6 Å². The second kappa shape index (κ2) is 6.03. The van der Waals surface area contributed by atoms with Crippen LogP contribution in [0.25, 0.3) is 0 Å². The van der Waals surface area contributed by atoms with Crippen molar-refractivity contribution < 1.29 is 4.79 Å². The predicted octanol–water partition coefficient (Wildman–Crippen LogP) is 4.68. The number of nitrogens with one attached hydrogen (secondary N) is 1. The lowest BCUT2D eigenvalue weighted by Crippen LogP contribution is -2.11. The molecule has 0 radical (unpaired) electrons. The van der Waals surface area contributed by atoms with Crippen LogP contribution in [-0.2, 0) is 6.42 Å². The first kappa shape index (κ1) is 14.5. The number of carbonyl (C=O) groups excluding carboxylic acids is 1. The molecule has 0 aliphatic carbocycles. The Bertz CT molecular complexity index is 607. The van der Waals surface area contributed by atoms with Gasteiger partial charge in [0.2, 0.25) is 0 Å². The van der Waals surface area contributed by atoms with Gasteiger partial charge in [0.1, 0.15) is 0 Å². The highest BCUT2D eigenvalue weighted by atomic mass is 79.9. The largest absolute Gasteiger partial charge is 0.298 e. The van der Waals surface area contributed by atoms with Crippen LogP contribution in [0.4, 0.5) is 5.13 Å². The molecule has 1 N–H and O–H groups in total. The molecule has 1 aromatic carbocycles. The van der Waals surface area contributed by atoms with Crippen molar-refractivity contribution in [2.45, 2.75) is 20.3 Å². The number of carbonyl (C=O) groups is 1. The average molecular weight is 360 g/mol. The summed E-state index contributed by atoms with van der Waals surface area (Å²) in [5, 5.41) is 3.94. The number of hydrogen-bond acceptors (Lipinski definition) is 3. The third-order valence-corrected chi connectivity index (χ3v) is 4.18. The molecule has 1 amide bonds. The number of anilines is 1. The number of aryl methyl sites for hydroxylation is 2. The monoisotopic (exact) mass is 358 g/mol. The van der Waals surface area contributed by atoms with Crippen molar-refractivity contribution in [3.05, 3.63) is 43.8 Å². The Balaban J connectivity index is 2.20. The third kappa shape index (κ3) is 3.55. The number of aromatic nitrogens is 1. The Hall–Kier alpha value is -0.910.